The highest BCUT2D eigenvalue weighted by Crippen LogP contribution is 2.33. The molecule has 0 aromatic rings. The summed E-state index contributed by atoms with van der Waals surface area (Å²) < 4.78 is 0. The van der Waals surface area contributed by atoms with Gasteiger partial charge in [0.05, 0.1) is 5.60 Å². The second-order valence-electron chi connectivity index (χ2n) is 4.28. The van der Waals surface area contributed by atoms with E-state index in [2.05, 4.69) is 6.58 Å². The van der Waals surface area contributed by atoms with E-state index < -0.39 is 5.60 Å². The fourth-order valence-corrected chi connectivity index (χ4v) is 1.78. The summed E-state index contributed by atoms with van der Waals surface area (Å²) in [5.41, 5.74) is 6.38. The van der Waals surface area contributed by atoms with E-state index in [1.54, 1.807) is 0 Å². The summed E-state index contributed by atoms with van der Waals surface area (Å²) in [6.45, 7) is 7.79. The van der Waals surface area contributed by atoms with Crippen molar-refractivity contribution in [1.82, 2.24) is 0 Å². The Balaban J connectivity index is 2.58. The quantitative estimate of drug-likeness (QED) is 0.583. The Morgan fingerprint density at radius 3 is 2.67 bits per heavy atom. The molecule has 0 spiro atoms. The van der Waals surface area contributed by atoms with Gasteiger partial charge >= 0.3 is 0 Å². The largest absolute Gasteiger partial charge is 0.389 e. The van der Waals surface area contributed by atoms with Crippen LogP contribution in [0.2, 0.25) is 0 Å². The van der Waals surface area contributed by atoms with Crippen molar-refractivity contribution in [3.8, 4) is 0 Å². The summed E-state index contributed by atoms with van der Waals surface area (Å²) in [4.78, 5) is 0. The maximum absolute atomic E-state index is 9.79. The minimum Gasteiger partial charge on any atom is -0.389 e. The average Bonchev–Trinajstić information content (AvgIpc) is 1.94. The van der Waals surface area contributed by atoms with Crippen molar-refractivity contribution in [1.29, 1.82) is 0 Å². The second-order valence-corrected chi connectivity index (χ2v) is 4.28. The smallest absolute Gasteiger partial charge is 0.0770 e. The van der Waals surface area contributed by atoms with Crippen molar-refractivity contribution in [2.24, 2.45) is 11.7 Å². The first-order valence-electron chi connectivity index (χ1n) is 4.57. The molecule has 0 aromatic carbocycles. The molecular weight excluding hydrogens is 150 g/mol. The minimum absolute atomic E-state index is 0.0899. The Kier molecular flexibility index (Phi) is 2.59. The number of rotatable bonds is 1. The van der Waals surface area contributed by atoms with E-state index in [0.29, 0.717) is 5.92 Å². The van der Waals surface area contributed by atoms with Crippen LogP contribution in [0.1, 0.15) is 33.1 Å². The molecule has 3 N–H and O–H groups in total. The third kappa shape index (κ3) is 1.87. The van der Waals surface area contributed by atoms with Crippen LogP contribution < -0.4 is 5.73 Å². The number of hydrogen-bond donors (Lipinski definition) is 2. The van der Waals surface area contributed by atoms with Gasteiger partial charge in [-0.05, 0) is 39.0 Å². The van der Waals surface area contributed by atoms with Crippen LogP contribution in [0.4, 0.5) is 0 Å². The topological polar surface area (TPSA) is 46.2 Å². The first-order chi connectivity index (χ1) is 5.43. The normalized spacial score (nSPS) is 42.7. The van der Waals surface area contributed by atoms with Crippen molar-refractivity contribution in [2.45, 2.75) is 44.8 Å². The van der Waals surface area contributed by atoms with Crippen molar-refractivity contribution in [2.75, 3.05) is 0 Å². The lowest BCUT2D eigenvalue weighted by Gasteiger charge is -2.38. The van der Waals surface area contributed by atoms with Gasteiger partial charge in [-0.15, -0.1) is 0 Å². The monoisotopic (exact) mass is 169 g/mol. The Labute approximate surface area is 74.5 Å². The van der Waals surface area contributed by atoms with E-state index >= 15 is 0 Å². The first kappa shape index (κ1) is 9.75. The molecule has 0 aromatic heterocycles. The van der Waals surface area contributed by atoms with Gasteiger partial charge in [0.15, 0.2) is 0 Å². The lowest BCUT2D eigenvalue weighted by molar-refractivity contribution is -0.00644. The zero-order valence-electron chi connectivity index (χ0n) is 8.01. The molecule has 0 heterocycles. The standard InChI is InChI=1S/C10H19NO/c1-7(2)8-4-5-10(3,12)9(11)6-8/h8-9,12H,1,4-6,11H2,2-3H3. The Morgan fingerprint density at radius 2 is 2.25 bits per heavy atom. The summed E-state index contributed by atoms with van der Waals surface area (Å²) in [7, 11) is 0. The SMILES string of the molecule is C=C(C)C1CCC(C)(O)C(N)C1. The lowest BCUT2D eigenvalue weighted by atomic mass is 9.74. The Bertz CT molecular complexity index is 186. The van der Waals surface area contributed by atoms with Crippen LogP contribution in [0, 0.1) is 5.92 Å². The molecule has 0 saturated heterocycles. The summed E-state index contributed by atoms with van der Waals surface area (Å²) >= 11 is 0. The van der Waals surface area contributed by atoms with Crippen LogP contribution in [0.3, 0.4) is 0 Å². The molecule has 0 bridgehead atoms. The highest BCUT2D eigenvalue weighted by Gasteiger charge is 2.35. The highest BCUT2D eigenvalue weighted by atomic mass is 16.3. The Hall–Kier alpha value is -0.340. The molecule has 3 atom stereocenters. The summed E-state index contributed by atoms with van der Waals surface area (Å²) in [6, 6.07) is -0.0899. The van der Waals surface area contributed by atoms with Crippen molar-refractivity contribution >= 4 is 0 Å². The maximum atomic E-state index is 9.79. The molecule has 2 heteroatoms. The van der Waals surface area contributed by atoms with Crippen LogP contribution >= 0.6 is 0 Å². The molecule has 3 unspecified atom stereocenters. The molecule has 1 rings (SSSR count). The summed E-state index contributed by atoms with van der Waals surface area (Å²) in [5.74, 6) is 0.514. The predicted molar refractivity (Wildman–Crippen MR) is 50.8 cm³/mol. The minimum atomic E-state index is -0.661. The van der Waals surface area contributed by atoms with Gasteiger partial charge in [0.25, 0.3) is 0 Å². The van der Waals surface area contributed by atoms with E-state index in [4.69, 9.17) is 5.73 Å². The van der Waals surface area contributed by atoms with E-state index in [9.17, 15) is 5.11 Å². The van der Waals surface area contributed by atoms with Crippen LogP contribution in [-0.2, 0) is 0 Å². The molecule has 0 aliphatic heterocycles. The number of nitrogens with two attached hydrogens (primary N) is 1. The van der Waals surface area contributed by atoms with Crippen molar-refractivity contribution < 1.29 is 5.11 Å². The molecule has 12 heavy (non-hydrogen) atoms. The summed E-state index contributed by atoms with van der Waals surface area (Å²) in [5, 5.41) is 9.79. The van der Waals surface area contributed by atoms with Crippen LogP contribution in [0.25, 0.3) is 0 Å². The number of hydrogen-bond acceptors (Lipinski definition) is 2. The Morgan fingerprint density at radius 1 is 1.67 bits per heavy atom. The number of aliphatic hydroxyl groups is 1. The lowest BCUT2D eigenvalue weighted by Crippen LogP contribution is -2.50. The second kappa shape index (κ2) is 3.19. The van der Waals surface area contributed by atoms with Gasteiger partial charge < -0.3 is 10.8 Å². The van der Waals surface area contributed by atoms with Gasteiger partial charge in [-0.1, -0.05) is 12.2 Å². The number of allylic oxidation sites excluding steroid dienone is 1. The third-order valence-electron chi connectivity index (χ3n) is 3.03. The predicted octanol–water partition coefficient (Wildman–Crippen LogP) is 1.44. The molecular formula is C10H19NO. The third-order valence-corrected chi connectivity index (χ3v) is 3.03. The van der Waals surface area contributed by atoms with Gasteiger partial charge in [0.1, 0.15) is 0 Å². The van der Waals surface area contributed by atoms with E-state index in [1.165, 1.54) is 5.57 Å². The van der Waals surface area contributed by atoms with Crippen molar-refractivity contribution in [3.63, 3.8) is 0 Å². The average molecular weight is 169 g/mol. The zero-order chi connectivity index (χ0) is 9.35. The molecule has 1 aliphatic rings. The maximum Gasteiger partial charge on any atom is 0.0770 e. The van der Waals surface area contributed by atoms with Gasteiger partial charge in [-0.25, -0.2) is 0 Å². The fraction of sp³-hybridized carbons (Fsp3) is 0.800. The zero-order valence-corrected chi connectivity index (χ0v) is 8.01. The van der Waals surface area contributed by atoms with Gasteiger partial charge in [-0.3, -0.25) is 0 Å². The fourth-order valence-electron chi connectivity index (χ4n) is 1.78. The molecule has 70 valence electrons. The first-order valence-corrected chi connectivity index (χ1v) is 4.57. The molecule has 0 radical (unpaired) electrons. The van der Waals surface area contributed by atoms with Crippen LogP contribution in [-0.4, -0.2) is 16.7 Å². The van der Waals surface area contributed by atoms with E-state index in [-0.39, 0.29) is 6.04 Å². The van der Waals surface area contributed by atoms with E-state index in [0.717, 1.165) is 19.3 Å². The van der Waals surface area contributed by atoms with Gasteiger partial charge in [-0.2, -0.15) is 0 Å². The van der Waals surface area contributed by atoms with E-state index in [1.807, 2.05) is 13.8 Å². The highest BCUT2D eigenvalue weighted by molar-refractivity contribution is 5.03. The van der Waals surface area contributed by atoms with Gasteiger partial charge in [0.2, 0.25) is 0 Å². The van der Waals surface area contributed by atoms with Crippen LogP contribution in [0.5, 0.6) is 0 Å². The molecule has 0 amide bonds. The van der Waals surface area contributed by atoms with Crippen LogP contribution in [0.15, 0.2) is 12.2 Å². The molecule has 1 fully saturated rings. The van der Waals surface area contributed by atoms with Gasteiger partial charge in [0, 0.05) is 6.04 Å². The van der Waals surface area contributed by atoms with Crippen molar-refractivity contribution in [3.05, 3.63) is 12.2 Å². The molecule has 2 nitrogen and oxygen atoms in total. The molecule has 1 aliphatic carbocycles. The molecule has 1 saturated carbocycles. The summed E-state index contributed by atoms with van der Waals surface area (Å²) in [6.07, 6.45) is 2.70.